The molecule has 29 heavy (non-hydrogen) atoms. The van der Waals surface area contributed by atoms with Crippen LogP contribution in [0.4, 0.5) is 11.5 Å². The maximum Gasteiger partial charge on any atom is 0.243 e. The lowest BCUT2D eigenvalue weighted by Crippen LogP contribution is -2.46. The average molecular weight is 382 g/mol. The van der Waals surface area contributed by atoms with E-state index in [-0.39, 0.29) is 24.8 Å². The van der Waals surface area contributed by atoms with Gasteiger partial charge in [0.25, 0.3) is 0 Å². The lowest BCUT2D eigenvalue weighted by molar-refractivity contribution is -0.126. The monoisotopic (exact) mass is 382 g/mol. The number of amides is 2. The van der Waals surface area contributed by atoms with Gasteiger partial charge in [-0.15, -0.1) is 6.42 Å². The number of benzene rings is 2. The molecular formula is C23H18N4O2. The van der Waals surface area contributed by atoms with E-state index in [9.17, 15) is 9.59 Å². The van der Waals surface area contributed by atoms with Crippen LogP contribution in [0.1, 0.15) is 23.1 Å². The molecular weight excluding hydrogens is 364 g/mol. The van der Waals surface area contributed by atoms with Gasteiger partial charge >= 0.3 is 0 Å². The van der Waals surface area contributed by atoms with Crippen molar-refractivity contribution in [2.75, 3.05) is 16.8 Å². The Labute approximate surface area is 168 Å². The van der Waals surface area contributed by atoms with Crippen LogP contribution in [0.25, 0.3) is 5.69 Å². The third-order valence-corrected chi connectivity index (χ3v) is 5.68. The van der Waals surface area contributed by atoms with E-state index < -0.39 is 5.41 Å². The Bertz CT molecular complexity index is 1210. The Hall–Kier alpha value is -3.85. The number of fused-ring (bicyclic) bond motifs is 4. The number of nitrogens with one attached hydrogen (secondary N) is 1. The second-order valence-corrected chi connectivity index (χ2v) is 7.40. The third kappa shape index (κ3) is 2.28. The van der Waals surface area contributed by atoms with Gasteiger partial charge in [0.2, 0.25) is 11.8 Å². The molecule has 1 N–H and O–H groups in total. The van der Waals surface area contributed by atoms with Crippen LogP contribution >= 0.6 is 0 Å². The van der Waals surface area contributed by atoms with E-state index in [2.05, 4.69) is 16.3 Å². The zero-order chi connectivity index (χ0) is 20.2. The molecule has 0 aliphatic carbocycles. The van der Waals surface area contributed by atoms with Crippen molar-refractivity contribution in [3.05, 3.63) is 71.4 Å². The quantitative estimate of drug-likeness (QED) is 0.693. The fraction of sp³-hybridized carbons (Fsp3) is 0.174. The summed E-state index contributed by atoms with van der Waals surface area (Å²) in [5.74, 6) is 2.69. The van der Waals surface area contributed by atoms with E-state index in [0.717, 1.165) is 22.5 Å². The molecule has 142 valence electrons. The molecule has 2 aliphatic rings. The molecule has 2 aromatic carbocycles. The van der Waals surface area contributed by atoms with E-state index in [0.29, 0.717) is 11.4 Å². The number of nitrogens with zero attached hydrogens (tertiary/aromatic N) is 3. The fourth-order valence-electron chi connectivity index (χ4n) is 4.42. The molecule has 0 saturated carbocycles. The van der Waals surface area contributed by atoms with Gasteiger partial charge in [0.05, 0.1) is 18.4 Å². The molecule has 0 fully saturated rings. The normalized spacial score (nSPS) is 19.7. The Morgan fingerprint density at radius 2 is 1.97 bits per heavy atom. The number of hydrogen-bond donors (Lipinski definition) is 1. The summed E-state index contributed by atoms with van der Waals surface area (Å²) in [4.78, 5) is 28.1. The fourth-order valence-corrected chi connectivity index (χ4v) is 4.42. The van der Waals surface area contributed by atoms with E-state index in [1.165, 1.54) is 0 Å². The lowest BCUT2D eigenvalue weighted by atomic mass is 9.71. The van der Waals surface area contributed by atoms with Crippen molar-refractivity contribution in [2.45, 2.75) is 18.8 Å². The van der Waals surface area contributed by atoms with E-state index in [1.54, 1.807) is 15.8 Å². The average Bonchev–Trinajstić information content (AvgIpc) is 3.23. The SMILES string of the molecule is C#CCN1C(=O)[C@@]2(CC(=O)Nc3c2cnn3-c2ccccc2)c2cc(C)ccc21. The smallest absolute Gasteiger partial charge is 0.243 e. The molecule has 1 spiro atoms. The van der Waals surface area contributed by atoms with Gasteiger partial charge in [-0.1, -0.05) is 41.8 Å². The van der Waals surface area contributed by atoms with E-state index in [4.69, 9.17) is 6.42 Å². The van der Waals surface area contributed by atoms with Gasteiger partial charge in [-0.2, -0.15) is 5.10 Å². The van der Waals surface area contributed by atoms with Crippen molar-refractivity contribution in [1.82, 2.24) is 9.78 Å². The summed E-state index contributed by atoms with van der Waals surface area (Å²) in [6.45, 7) is 2.12. The van der Waals surface area contributed by atoms with Crippen LogP contribution in [0.5, 0.6) is 0 Å². The minimum absolute atomic E-state index is 0.0246. The number of anilines is 2. The first-order valence-electron chi connectivity index (χ1n) is 9.36. The van der Waals surface area contributed by atoms with Gasteiger partial charge in [-0.25, -0.2) is 4.68 Å². The first-order chi connectivity index (χ1) is 14.1. The number of aryl methyl sites for hydroxylation is 1. The first kappa shape index (κ1) is 17.3. The summed E-state index contributed by atoms with van der Waals surface area (Å²) in [6.07, 6.45) is 7.25. The molecule has 5 rings (SSSR count). The predicted molar refractivity (Wildman–Crippen MR) is 110 cm³/mol. The van der Waals surface area contributed by atoms with Crippen LogP contribution in [0.3, 0.4) is 0 Å². The summed E-state index contributed by atoms with van der Waals surface area (Å²) in [5, 5.41) is 7.43. The van der Waals surface area contributed by atoms with Crippen molar-refractivity contribution >= 4 is 23.3 Å². The molecule has 2 aliphatic heterocycles. The number of rotatable bonds is 2. The highest BCUT2D eigenvalue weighted by Crippen LogP contribution is 2.52. The second-order valence-electron chi connectivity index (χ2n) is 7.40. The van der Waals surface area contributed by atoms with Gasteiger partial charge in [0, 0.05) is 17.7 Å². The standard InChI is InChI=1S/C23H18N4O2/c1-3-11-26-19-10-9-15(2)12-17(19)23(22(26)29)13-20(28)25-21-18(23)14-24-27(21)16-7-5-4-6-8-16/h1,4-10,12,14H,11,13H2,2H3,(H,25,28)/t23-/m0/s1. The molecule has 6 nitrogen and oxygen atoms in total. The maximum atomic E-state index is 13.7. The van der Waals surface area contributed by atoms with Crippen LogP contribution in [0.2, 0.25) is 0 Å². The highest BCUT2D eigenvalue weighted by molar-refractivity contribution is 6.16. The van der Waals surface area contributed by atoms with Gasteiger partial charge < -0.3 is 5.32 Å². The number of para-hydroxylation sites is 1. The Kier molecular flexibility index (Phi) is 3.62. The van der Waals surface area contributed by atoms with Crippen molar-refractivity contribution in [3.8, 4) is 18.0 Å². The lowest BCUT2D eigenvalue weighted by Gasteiger charge is -2.32. The number of terminal acetylenes is 1. The molecule has 1 atom stereocenters. The van der Waals surface area contributed by atoms with Gasteiger partial charge in [0.1, 0.15) is 11.2 Å². The van der Waals surface area contributed by atoms with Gasteiger partial charge in [0.15, 0.2) is 0 Å². The molecule has 3 heterocycles. The summed E-state index contributed by atoms with van der Waals surface area (Å²) in [7, 11) is 0. The van der Waals surface area contributed by atoms with Crippen molar-refractivity contribution in [3.63, 3.8) is 0 Å². The Morgan fingerprint density at radius 3 is 2.72 bits per heavy atom. The number of carbonyl (C=O) groups is 2. The van der Waals surface area contributed by atoms with Crippen LogP contribution in [-0.2, 0) is 15.0 Å². The molecule has 3 aromatic rings. The van der Waals surface area contributed by atoms with Crippen molar-refractivity contribution < 1.29 is 9.59 Å². The molecule has 6 heteroatoms. The third-order valence-electron chi connectivity index (χ3n) is 5.68. The number of hydrogen-bond acceptors (Lipinski definition) is 3. The van der Waals surface area contributed by atoms with Gasteiger partial charge in [-0.3, -0.25) is 14.5 Å². The molecule has 2 amide bonds. The number of aromatic nitrogens is 2. The first-order valence-corrected chi connectivity index (χ1v) is 9.36. The minimum atomic E-state index is -1.12. The summed E-state index contributed by atoms with van der Waals surface area (Å²) in [6, 6.07) is 15.4. The molecule has 0 saturated heterocycles. The maximum absolute atomic E-state index is 13.7. The van der Waals surface area contributed by atoms with Crippen molar-refractivity contribution in [1.29, 1.82) is 0 Å². The highest BCUT2D eigenvalue weighted by Gasteiger charge is 2.57. The van der Waals surface area contributed by atoms with Crippen molar-refractivity contribution in [2.24, 2.45) is 0 Å². The molecule has 0 unspecified atom stereocenters. The topological polar surface area (TPSA) is 67.2 Å². The zero-order valence-corrected chi connectivity index (χ0v) is 15.8. The minimum Gasteiger partial charge on any atom is -0.310 e. The molecule has 1 aromatic heterocycles. The van der Waals surface area contributed by atoms with Crippen LogP contribution in [0.15, 0.2) is 54.7 Å². The largest absolute Gasteiger partial charge is 0.310 e. The number of carbonyl (C=O) groups excluding carboxylic acids is 2. The van der Waals surface area contributed by atoms with E-state index in [1.807, 2.05) is 55.5 Å². The van der Waals surface area contributed by atoms with E-state index >= 15 is 0 Å². The van der Waals surface area contributed by atoms with Crippen LogP contribution < -0.4 is 10.2 Å². The molecule has 0 radical (unpaired) electrons. The molecule has 0 bridgehead atoms. The van der Waals surface area contributed by atoms with Gasteiger partial charge in [-0.05, 0) is 30.7 Å². The highest BCUT2D eigenvalue weighted by atomic mass is 16.2. The Balaban J connectivity index is 1.79. The predicted octanol–water partition coefficient (Wildman–Crippen LogP) is 2.79. The summed E-state index contributed by atoms with van der Waals surface area (Å²) < 4.78 is 1.67. The Morgan fingerprint density at radius 1 is 1.17 bits per heavy atom. The zero-order valence-electron chi connectivity index (χ0n) is 15.8. The summed E-state index contributed by atoms with van der Waals surface area (Å²) in [5.41, 5.74) is 2.96. The van der Waals surface area contributed by atoms with Crippen LogP contribution in [-0.4, -0.2) is 28.1 Å². The second kappa shape index (κ2) is 6.08. The summed E-state index contributed by atoms with van der Waals surface area (Å²) >= 11 is 0. The van der Waals surface area contributed by atoms with Crippen LogP contribution in [0, 0.1) is 19.3 Å².